The predicted molar refractivity (Wildman–Crippen MR) is 81.8 cm³/mol. The molecule has 1 aromatic carbocycles. The van der Waals surface area contributed by atoms with Crippen LogP contribution in [0.4, 0.5) is 0 Å². The summed E-state index contributed by atoms with van der Waals surface area (Å²) in [6.07, 6.45) is 0.706. The lowest BCUT2D eigenvalue weighted by molar-refractivity contribution is 0.550. The fourth-order valence-corrected chi connectivity index (χ4v) is 3.36. The molecule has 0 spiro atoms. The number of aromatic nitrogens is 1. The first kappa shape index (κ1) is 14.8. The number of benzene rings is 1. The van der Waals surface area contributed by atoms with Gasteiger partial charge in [0.15, 0.2) is 0 Å². The van der Waals surface area contributed by atoms with Crippen molar-refractivity contribution in [1.82, 2.24) is 10.4 Å². The molecule has 0 amide bonds. The first-order valence-electron chi connectivity index (χ1n) is 5.85. The molecule has 6 heteroatoms. The second kappa shape index (κ2) is 6.20. The number of nitrogens with zero attached hydrogens (tertiary/aromatic N) is 1. The van der Waals surface area contributed by atoms with Gasteiger partial charge in [-0.25, -0.2) is 4.98 Å². The van der Waals surface area contributed by atoms with E-state index in [1.807, 2.05) is 19.1 Å². The second-order valence-corrected chi connectivity index (χ2v) is 6.47. The van der Waals surface area contributed by atoms with Crippen LogP contribution in [0.15, 0.2) is 18.2 Å². The molecular formula is C13H15Cl2N3S. The Morgan fingerprint density at radius 1 is 1.37 bits per heavy atom. The van der Waals surface area contributed by atoms with E-state index in [9.17, 15) is 0 Å². The Kier molecular flexibility index (Phi) is 4.81. The van der Waals surface area contributed by atoms with Crippen molar-refractivity contribution in [2.45, 2.75) is 26.3 Å². The molecule has 1 atom stereocenters. The summed E-state index contributed by atoms with van der Waals surface area (Å²) in [6.45, 7) is 4.08. The first-order valence-corrected chi connectivity index (χ1v) is 7.42. The first-order chi connectivity index (χ1) is 9.01. The van der Waals surface area contributed by atoms with Crippen molar-refractivity contribution < 1.29 is 0 Å². The maximum absolute atomic E-state index is 6.21. The lowest BCUT2D eigenvalue weighted by atomic mass is 10.0. The third kappa shape index (κ3) is 3.46. The fraction of sp³-hybridized carbons (Fsp3) is 0.308. The van der Waals surface area contributed by atoms with Crippen molar-refractivity contribution >= 4 is 34.5 Å². The van der Waals surface area contributed by atoms with Crippen LogP contribution in [-0.2, 0) is 6.42 Å². The largest absolute Gasteiger partial charge is 0.271 e. The highest BCUT2D eigenvalue weighted by Gasteiger charge is 2.16. The molecule has 3 N–H and O–H groups in total. The minimum absolute atomic E-state index is 0.0743. The Labute approximate surface area is 126 Å². The summed E-state index contributed by atoms with van der Waals surface area (Å²) in [6, 6.07) is 5.35. The average Bonchev–Trinajstić information content (AvgIpc) is 2.66. The van der Waals surface area contributed by atoms with Gasteiger partial charge in [0.05, 0.1) is 16.7 Å². The summed E-state index contributed by atoms with van der Waals surface area (Å²) in [5.74, 6) is 5.64. The minimum Gasteiger partial charge on any atom is -0.271 e. The molecule has 0 aliphatic carbocycles. The topological polar surface area (TPSA) is 50.9 Å². The van der Waals surface area contributed by atoms with E-state index >= 15 is 0 Å². The molecule has 1 heterocycles. The van der Waals surface area contributed by atoms with Crippen LogP contribution in [0.3, 0.4) is 0 Å². The maximum atomic E-state index is 6.21. The zero-order valence-electron chi connectivity index (χ0n) is 10.7. The van der Waals surface area contributed by atoms with E-state index in [1.165, 1.54) is 4.88 Å². The minimum atomic E-state index is -0.0743. The molecule has 2 aromatic rings. The van der Waals surface area contributed by atoms with Crippen molar-refractivity contribution in [1.29, 1.82) is 0 Å². The highest BCUT2D eigenvalue weighted by atomic mass is 35.5. The molecule has 1 aromatic heterocycles. The molecule has 0 bridgehead atoms. The quantitative estimate of drug-likeness (QED) is 0.666. The number of aryl methyl sites for hydroxylation is 2. The Balaban J connectivity index is 2.24. The van der Waals surface area contributed by atoms with Gasteiger partial charge in [-0.05, 0) is 31.5 Å². The Morgan fingerprint density at radius 3 is 2.63 bits per heavy atom. The Bertz CT molecular complexity index is 564. The van der Waals surface area contributed by atoms with Crippen LogP contribution in [0.5, 0.6) is 0 Å². The summed E-state index contributed by atoms with van der Waals surface area (Å²) in [5, 5.41) is 2.27. The number of halogens is 2. The zero-order chi connectivity index (χ0) is 14.0. The van der Waals surface area contributed by atoms with Crippen molar-refractivity contribution in [3.05, 3.63) is 49.4 Å². The second-order valence-electron chi connectivity index (χ2n) is 4.34. The van der Waals surface area contributed by atoms with Gasteiger partial charge in [0.1, 0.15) is 0 Å². The monoisotopic (exact) mass is 315 g/mol. The summed E-state index contributed by atoms with van der Waals surface area (Å²) >= 11 is 13.8. The van der Waals surface area contributed by atoms with Crippen LogP contribution in [0.25, 0.3) is 0 Å². The number of thiazole rings is 1. The van der Waals surface area contributed by atoms with Crippen LogP contribution >= 0.6 is 34.5 Å². The number of hydrogen-bond donors (Lipinski definition) is 2. The fourth-order valence-electron chi connectivity index (χ4n) is 1.84. The number of rotatable bonds is 4. The molecule has 102 valence electrons. The van der Waals surface area contributed by atoms with Gasteiger partial charge >= 0.3 is 0 Å². The molecular weight excluding hydrogens is 301 g/mol. The highest BCUT2D eigenvalue weighted by molar-refractivity contribution is 7.11. The lowest BCUT2D eigenvalue weighted by Crippen LogP contribution is -2.29. The summed E-state index contributed by atoms with van der Waals surface area (Å²) in [4.78, 5) is 5.75. The highest BCUT2D eigenvalue weighted by Crippen LogP contribution is 2.29. The summed E-state index contributed by atoms with van der Waals surface area (Å²) in [5.41, 5.74) is 4.79. The van der Waals surface area contributed by atoms with Crippen LogP contribution in [-0.4, -0.2) is 4.98 Å². The molecule has 0 saturated heterocycles. The lowest BCUT2D eigenvalue weighted by Gasteiger charge is -2.16. The SMILES string of the molecule is Cc1nc(CC(NN)c2ccc(Cl)cc2Cl)sc1C. The smallest absolute Gasteiger partial charge is 0.0950 e. The maximum Gasteiger partial charge on any atom is 0.0950 e. The molecule has 0 fully saturated rings. The third-order valence-corrected chi connectivity index (χ3v) is 4.65. The van der Waals surface area contributed by atoms with Crippen molar-refractivity contribution in [2.24, 2.45) is 5.84 Å². The Morgan fingerprint density at radius 2 is 2.11 bits per heavy atom. The van der Waals surface area contributed by atoms with E-state index < -0.39 is 0 Å². The van der Waals surface area contributed by atoms with Gasteiger partial charge in [-0.2, -0.15) is 0 Å². The van der Waals surface area contributed by atoms with Crippen LogP contribution in [0.1, 0.15) is 27.2 Å². The van der Waals surface area contributed by atoms with Crippen LogP contribution in [0.2, 0.25) is 10.0 Å². The van der Waals surface area contributed by atoms with Gasteiger partial charge in [-0.1, -0.05) is 29.3 Å². The molecule has 1 unspecified atom stereocenters. The van der Waals surface area contributed by atoms with Crippen molar-refractivity contribution in [2.75, 3.05) is 0 Å². The van der Waals surface area contributed by atoms with Gasteiger partial charge < -0.3 is 0 Å². The molecule has 0 aliphatic rings. The Hall–Kier alpha value is -0.650. The molecule has 0 aliphatic heterocycles. The number of nitrogens with one attached hydrogen (secondary N) is 1. The average molecular weight is 316 g/mol. The van der Waals surface area contributed by atoms with Crippen molar-refractivity contribution in [3.63, 3.8) is 0 Å². The van der Waals surface area contributed by atoms with Gasteiger partial charge in [0, 0.05) is 21.3 Å². The van der Waals surface area contributed by atoms with E-state index in [1.54, 1.807) is 17.4 Å². The van der Waals surface area contributed by atoms with E-state index in [0.29, 0.717) is 16.5 Å². The number of hydrazine groups is 1. The molecule has 19 heavy (non-hydrogen) atoms. The molecule has 0 radical (unpaired) electrons. The summed E-state index contributed by atoms with van der Waals surface area (Å²) < 4.78 is 0. The van der Waals surface area contributed by atoms with E-state index in [-0.39, 0.29) is 6.04 Å². The summed E-state index contributed by atoms with van der Waals surface area (Å²) in [7, 11) is 0. The van der Waals surface area contributed by atoms with Gasteiger partial charge in [0.25, 0.3) is 0 Å². The van der Waals surface area contributed by atoms with Crippen molar-refractivity contribution in [3.8, 4) is 0 Å². The van der Waals surface area contributed by atoms with Crippen LogP contribution < -0.4 is 11.3 Å². The van der Waals surface area contributed by atoms with Gasteiger partial charge in [-0.3, -0.25) is 11.3 Å². The molecule has 3 nitrogen and oxygen atoms in total. The molecule has 2 rings (SSSR count). The normalized spacial score (nSPS) is 12.7. The van der Waals surface area contributed by atoms with E-state index in [2.05, 4.69) is 17.3 Å². The predicted octanol–water partition coefficient (Wildman–Crippen LogP) is 3.81. The number of nitrogens with two attached hydrogens (primary N) is 1. The molecule has 0 saturated carbocycles. The van der Waals surface area contributed by atoms with Gasteiger partial charge in [-0.15, -0.1) is 11.3 Å². The van der Waals surface area contributed by atoms with Gasteiger partial charge in [0.2, 0.25) is 0 Å². The number of hydrogen-bond acceptors (Lipinski definition) is 4. The zero-order valence-corrected chi connectivity index (χ0v) is 13.0. The van der Waals surface area contributed by atoms with E-state index in [0.717, 1.165) is 16.3 Å². The van der Waals surface area contributed by atoms with Crippen LogP contribution in [0, 0.1) is 13.8 Å². The van der Waals surface area contributed by atoms with E-state index in [4.69, 9.17) is 29.0 Å². The standard InChI is InChI=1S/C13H15Cl2N3S/c1-7-8(2)19-13(17-7)6-12(18-16)10-4-3-9(14)5-11(10)15/h3-5,12,18H,6,16H2,1-2H3. The third-order valence-electron chi connectivity index (χ3n) is 2.99.